The molecule has 0 saturated carbocycles. The van der Waals surface area contributed by atoms with E-state index in [1.807, 2.05) is 0 Å². The van der Waals surface area contributed by atoms with Crippen LogP contribution in [0, 0.1) is 0 Å². The molecule has 1 saturated heterocycles. The van der Waals surface area contributed by atoms with E-state index in [1.54, 1.807) is 24.3 Å². The van der Waals surface area contributed by atoms with Crippen molar-refractivity contribution in [2.24, 2.45) is 0 Å². The number of carbonyl (C=O) groups is 5. The van der Waals surface area contributed by atoms with E-state index in [0.717, 1.165) is 23.2 Å². The molecule has 2 aromatic rings. The van der Waals surface area contributed by atoms with Crippen molar-refractivity contribution in [1.29, 1.82) is 0 Å². The number of ether oxygens (including phenoxy) is 5. The Labute approximate surface area is 247 Å². The Morgan fingerprint density at radius 1 is 0.800 bits per heavy atom. The van der Waals surface area contributed by atoms with Crippen LogP contribution in [-0.4, -0.2) is 79.0 Å². The highest BCUT2D eigenvalue weighted by Gasteiger charge is 2.55. The molecule has 11 nitrogen and oxygen atoms in total. The molecule has 0 N–H and O–H groups in total. The predicted octanol–water partition coefficient (Wildman–Crippen LogP) is 3.66. The van der Waals surface area contributed by atoms with Gasteiger partial charge >= 0.3 is 17.9 Å². The van der Waals surface area contributed by atoms with E-state index in [4.69, 9.17) is 23.7 Å². The molecule has 0 unspecified atom stereocenters. The summed E-state index contributed by atoms with van der Waals surface area (Å²) in [4.78, 5) is 64.6. The van der Waals surface area contributed by atoms with E-state index < -0.39 is 67.0 Å². The molecule has 5 atom stereocenters. The summed E-state index contributed by atoms with van der Waals surface area (Å²) in [6.45, 7) is 3.07. The third kappa shape index (κ3) is 7.74. The second kappa shape index (κ2) is 14.0. The second-order valence-corrected chi connectivity index (χ2v) is 10.6. The van der Waals surface area contributed by atoms with Crippen molar-refractivity contribution < 1.29 is 47.7 Å². The number of benzene rings is 2. The molecule has 13 heteroatoms. The van der Waals surface area contributed by atoms with Crippen molar-refractivity contribution in [2.75, 3.05) is 13.7 Å². The average Bonchev–Trinajstić information content (AvgIpc) is 2.89. The standard InChI is InChI=1S/C27H27Br2NO10/c1-14(31)30(25(34)17-5-9-19(28)10-6-17)22-24(40-26(35)18-7-11-20(29)12-8-18)23(38-16(3)33)21(13-37-15(2)32)39-27(22)36-4/h5-12,21-24,27H,13H2,1-4H3/t21-,22-,23+,24-,27+/m1/s1. The maximum Gasteiger partial charge on any atom is 0.338 e. The summed E-state index contributed by atoms with van der Waals surface area (Å²) in [7, 11) is 1.27. The van der Waals surface area contributed by atoms with E-state index >= 15 is 0 Å². The van der Waals surface area contributed by atoms with Gasteiger partial charge in [0, 0.05) is 42.4 Å². The van der Waals surface area contributed by atoms with Gasteiger partial charge in [-0.3, -0.25) is 24.1 Å². The Bertz CT molecular complexity index is 1250. The zero-order valence-corrected chi connectivity index (χ0v) is 25.2. The molecule has 214 valence electrons. The minimum Gasteiger partial charge on any atom is -0.463 e. The average molecular weight is 685 g/mol. The van der Waals surface area contributed by atoms with Gasteiger partial charge in [-0.1, -0.05) is 31.9 Å². The zero-order valence-electron chi connectivity index (χ0n) is 22.0. The van der Waals surface area contributed by atoms with Crippen molar-refractivity contribution >= 4 is 61.6 Å². The summed E-state index contributed by atoms with van der Waals surface area (Å²) in [5.74, 6) is -3.69. The molecule has 2 amide bonds. The van der Waals surface area contributed by atoms with E-state index in [0.29, 0.717) is 4.47 Å². The largest absolute Gasteiger partial charge is 0.463 e. The number of nitrogens with zero attached hydrogens (tertiary/aromatic N) is 1. The number of imide groups is 1. The Kier molecular flexibility index (Phi) is 11.0. The van der Waals surface area contributed by atoms with Gasteiger partial charge < -0.3 is 23.7 Å². The molecule has 0 aliphatic carbocycles. The van der Waals surface area contributed by atoms with E-state index in [2.05, 4.69) is 31.9 Å². The van der Waals surface area contributed by atoms with Gasteiger partial charge in [-0.25, -0.2) is 4.79 Å². The number of hydrogen-bond donors (Lipinski definition) is 0. The van der Waals surface area contributed by atoms with Crippen LogP contribution in [-0.2, 0) is 38.1 Å². The number of carbonyl (C=O) groups excluding carboxylic acids is 5. The smallest absolute Gasteiger partial charge is 0.338 e. The van der Waals surface area contributed by atoms with Gasteiger partial charge in [-0.15, -0.1) is 0 Å². The number of rotatable bonds is 8. The third-order valence-corrected chi connectivity index (χ3v) is 6.93. The molecule has 0 radical (unpaired) electrons. The number of halogens is 2. The lowest BCUT2D eigenvalue weighted by Crippen LogP contribution is -2.68. The summed E-state index contributed by atoms with van der Waals surface area (Å²) in [5, 5.41) is 0. The Morgan fingerprint density at radius 3 is 1.82 bits per heavy atom. The second-order valence-electron chi connectivity index (χ2n) is 8.72. The van der Waals surface area contributed by atoms with E-state index in [1.165, 1.54) is 38.3 Å². The van der Waals surface area contributed by atoms with Crippen LogP contribution in [0.4, 0.5) is 0 Å². The molecule has 2 aromatic carbocycles. The van der Waals surface area contributed by atoms with Gasteiger partial charge in [0.25, 0.3) is 5.91 Å². The van der Waals surface area contributed by atoms with Crippen molar-refractivity contribution in [3.05, 3.63) is 68.6 Å². The lowest BCUT2D eigenvalue weighted by Gasteiger charge is -2.47. The highest BCUT2D eigenvalue weighted by molar-refractivity contribution is 9.10. The first-order valence-corrected chi connectivity index (χ1v) is 13.6. The summed E-state index contributed by atoms with van der Waals surface area (Å²) >= 11 is 6.61. The number of esters is 3. The lowest BCUT2D eigenvalue weighted by atomic mass is 9.94. The van der Waals surface area contributed by atoms with Gasteiger partial charge in [-0.05, 0) is 48.5 Å². The summed E-state index contributed by atoms with van der Waals surface area (Å²) < 4.78 is 29.4. The van der Waals surface area contributed by atoms with Gasteiger partial charge in [0.2, 0.25) is 5.91 Å². The first-order valence-electron chi connectivity index (χ1n) is 12.0. The SMILES string of the molecule is CO[C@H]1O[C@H](COC(C)=O)[C@H](OC(C)=O)[C@H](OC(=O)c2ccc(Br)cc2)[C@H]1N(C(C)=O)C(=O)c1ccc(Br)cc1. The predicted molar refractivity (Wildman–Crippen MR) is 146 cm³/mol. The minimum atomic E-state index is -1.48. The van der Waals surface area contributed by atoms with Gasteiger partial charge in [-0.2, -0.15) is 0 Å². The van der Waals surface area contributed by atoms with Crippen LogP contribution in [0.25, 0.3) is 0 Å². The number of amides is 2. The van der Waals surface area contributed by atoms with Crippen LogP contribution in [0.15, 0.2) is 57.5 Å². The fraction of sp³-hybridized carbons (Fsp3) is 0.370. The van der Waals surface area contributed by atoms with Crippen LogP contribution < -0.4 is 0 Å². The zero-order chi connectivity index (χ0) is 29.6. The van der Waals surface area contributed by atoms with Gasteiger partial charge in [0.15, 0.2) is 18.5 Å². The molecule has 1 aliphatic heterocycles. The molecular formula is C27H27Br2NO10. The van der Waals surface area contributed by atoms with Crippen molar-refractivity contribution in [3.8, 4) is 0 Å². The lowest BCUT2D eigenvalue weighted by molar-refractivity contribution is -0.278. The molecule has 1 heterocycles. The quantitative estimate of drug-likeness (QED) is 0.300. The van der Waals surface area contributed by atoms with Crippen molar-refractivity contribution in [3.63, 3.8) is 0 Å². The number of methoxy groups -OCH3 is 1. The van der Waals surface area contributed by atoms with Gasteiger partial charge in [0.05, 0.1) is 5.56 Å². The molecule has 1 aliphatic rings. The van der Waals surface area contributed by atoms with Crippen LogP contribution in [0.1, 0.15) is 41.5 Å². The molecular weight excluding hydrogens is 658 g/mol. The summed E-state index contributed by atoms with van der Waals surface area (Å²) in [6.07, 6.45) is -5.42. The Hall–Kier alpha value is -3.13. The monoisotopic (exact) mass is 683 g/mol. The van der Waals surface area contributed by atoms with Crippen molar-refractivity contribution in [1.82, 2.24) is 4.90 Å². The van der Waals surface area contributed by atoms with Crippen LogP contribution >= 0.6 is 31.9 Å². The minimum absolute atomic E-state index is 0.147. The molecule has 0 bridgehead atoms. The van der Waals surface area contributed by atoms with Crippen LogP contribution in [0.3, 0.4) is 0 Å². The Balaban J connectivity index is 2.13. The maximum absolute atomic E-state index is 13.7. The van der Waals surface area contributed by atoms with Gasteiger partial charge in [0.1, 0.15) is 18.8 Å². The molecule has 1 fully saturated rings. The summed E-state index contributed by atoms with van der Waals surface area (Å²) in [5.41, 5.74) is 0.298. The first-order chi connectivity index (χ1) is 18.9. The fourth-order valence-corrected chi connectivity index (χ4v) is 4.69. The number of hydrogen-bond acceptors (Lipinski definition) is 10. The van der Waals surface area contributed by atoms with Crippen LogP contribution in [0.2, 0.25) is 0 Å². The summed E-state index contributed by atoms with van der Waals surface area (Å²) in [6, 6.07) is 11.1. The topological polar surface area (TPSA) is 135 Å². The highest BCUT2D eigenvalue weighted by Crippen LogP contribution is 2.32. The molecule has 0 aromatic heterocycles. The maximum atomic E-state index is 13.7. The first kappa shape index (κ1) is 31.4. The molecule has 40 heavy (non-hydrogen) atoms. The Morgan fingerprint density at radius 2 is 1.35 bits per heavy atom. The molecule has 3 rings (SSSR count). The normalized spacial score (nSPS) is 22.1. The van der Waals surface area contributed by atoms with Crippen LogP contribution in [0.5, 0.6) is 0 Å². The third-order valence-electron chi connectivity index (χ3n) is 5.87. The van der Waals surface area contributed by atoms with Crippen molar-refractivity contribution in [2.45, 2.75) is 51.4 Å². The molecule has 0 spiro atoms. The van der Waals surface area contributed by atoms with E-state index in [-0.39, 0.29) is 11.1 Å². The highest BCUT2D eigenvalue weighted by atomic mass is 79.9. The van der Waals surface area contributed by atoms with E-state index in [9.17, 15) is 24.0 Å². The fourth-order valence-electron chi connectivity index (χ4n) is 4.16.